The molecule has 1 heterocycles. The van der Waals surface area contributed by atoms with Gasteiger partial charge in [0.1, 0.15) is 23.1 Å². The zero-order valence-corrected chi connectivity index (χ0v) is 12.0. The number of anilines is 1. The molecule has 0 aliphatic carbocycles. The second kappa shape index (κ2) is 5.99. The minimum Gasteiger partial charge on any atom is -0.507 e. The van der Waals surface area contributed by atoms with E-state index in [0.29, 0.717) is 0 Å². The van der Waals surface area contributed by atoms with E-state index in [1.54, 1.807) is 0 Å². The highest BCUT2D eigenvalue weighted by Crippen LogP contribution is 2.29. The number of aromatic amines is 1. The van der Waals surface area contributed by atoms with Gasteiger partial charge in [0.15, 0.2) is 5.82 Å². The molecule has 6 nitrogen and oxygen atoms in total. The molecule has 8 heteroatoms. The molecule has 0 saturated heterocycles. The van der Waals surface area contributed by atoms with Crippen LogP contribution >= 0.6 is 0 Å². The second-order valence-corrected chi connectivity index (χ2v) is 4.94. The first kappa shape index (κ1) is 15.5. The number of phenols is 2. The zero-order valence-electron chi connectivity index (χ0n) is 12.0. The fraction of sp³-hybridized carbons (Fsp3) is 0. The number of amides is 1. The lowest BCUT2D eigenvalue weighted by molar-refractivity contribution is 0.102. The summed E-state index contributed by atoms with van der Waals surface area (Å²) in [6.45, 7) is 0. The van der Waals surface area contributed by atoms with Crippen LogP contribution in [0.25, 0.3) is 11.3 Å². The molecule has 0 spiro atoms. The number of rotatable bonds is 3. The van der Waals surface area contributed by atoms with Gasteiger partial charge in [-0.25, -0.2) is 8.78 Å². The first-order valence-corrected chi connectivity index (χ1v) is 6.78. The van der Waals surface area contributed by atoms with Gasteiger partial charge in [-0.3, -0.25) is 9.89 Å². The van der Waals surface area contributed by atoms with Crippen LogP contribution in [0.5, 0.6) is 11.5 Å². The van der Waals surface area contributed by atoms with Gasteiger partial charge in [-0.15, -0.1) is 0 Å². The molecule has 24 heavy (non-hydrogen) atoms. The SMILES string of the molecule is O=C(Nc1cc(-c2cc(F)ccc2O)[nH]n1)c1cc(F)ccc1O. The Labute approximate surface area is 134 Å². The first-order chi connectivity index (χ1) is 11.4. The average Bonchev–Trinajstić information content (AvgIpc) is 3.00. The van der Waals surface area contributed by atoms with Crippen LogP contribution in [0.2, 0.25) is 0 Å². The molecule has 0 radical (unpaired) electrons. The van der Waals surface area contributed by atoms with Gasteiger partial charge in [0.2, 0.25) is 0 Å². The van der Waals surface area contributed by atoms with E-state index < -0.39 is 17.5 Å². The number of H-pyrrole nitrogens is 1. The quantitative estimate of drug-likeness (QED) is 0.593. The van der Waals surface area contributed by atoms with Crippen molar-refractivity contribution in [3.05, 3.63) is 59.7 Å². The second-order valence-electron chi connectivity index (χ2n) is 4.94. The third-order valence-corrected chi connectivity index (χ3v) is 3.27. The van der Waals surface area contributed by atoms with E-state index in [9.17, 15) is 23.8 Å². The Hall–Kier alpha value is -3.42. The number of nitrogens with zero attached hydrogens (tertiary/aromatic N) is 1. The van der Waals surface area contributed by atoms with Gasteiger partial charge >= 0.3 is 0 Å². The number of aromatic nitrogens is 2. The van der Waals surface area contributed by atoms with E-state index in [0.717, 1.165) is 30.3 Å². The van der Waals surface area contributed by atoms with E-state index >= 15 is 0 Å². The highest BCUT2D eigenvalue weighted by molar-refractivity contribution is 6.05. The Balaban J connectivity index is 1.85. The largest absolute Gasteiger partial charge is 0.507 e. The number of hydrogen-bond acceptors (Lipinski definition) is 4. The predicted molar refractivity (Wildman–Crippen MR) is 81.7 cm³/mol. The number of hydrogen-bond donors (Lipinski definition) is 4. The summed E-state index contributed by atoms with van der Waals surface area (Å²) in [5, 5.41) is 28.1. The molecule has 3 rings (SSSR count). The molecule has 0 bridgehead atoms. The molecule has 1 aromatic heterocycles. The summed E-state index contributed by atoms with van der Waals surface area (Å²) in [6.07, 6.45) is 0. The third kappa shape index (κ3) is 3.02. The van der Waals surface area contributed by atoms with Crippen molar-refractivity contribution in [2.75, 3.05) is 5.32 Å². The molecular formula is C16H11F2N3O3. The summed E-state index contributed by atoms with van der Waals surface area (Å²) >= 11 is 0. The lowest BCUT2D eigenvalue weighted by atomic mass is 10.1. The third-order valence-electron chi connectivity index (χ3n) is 3.27. The highest BCUT2D eigenvalue weighted by Gasteiger charge is 2.15. The molecule has 0 aliphatic rings. The van der Waals surface area contributed by atoms with Crippen LogP contribution in [0.15, 0.2) is 42.5 Å². The Morgan fingerprint density at radius 1 is 1.00 bits per heavy atom. The molecule has 2 aromatic carbocycles. The van der Waals surface area contributed by atoms with Gasteiger partial charge < -0.3 is 15.5 Å². The van der Waals surface area contributed by atoms with E-state index in [1.165, 1.54) is 12.1 Å². The van der Waals surface area contributed by atoms with Crippen molar-refractivity contribution in [1.29, 1.82) is 0 Å². The molecule has 1 amide bonds. The van der Waals surface area contributed by atoms with Crippen LogP contribution in [0.4, 0.5) is 14.6 Å². The number of carbonyl (C=O) groups excluding carboxylic acids is 1. The first-order valence-electron chi connectivity index (χ1n) is 6.78. The van der Waals surface area contributed by atoms with E-state index in [4.69, 9.17) is 0 Å². The number of benzene rings is 2. The number of phenolic OH excluding ortho intramolecular Hbond substituents is 2. The molecule has 0 fully saturated rings. The Morgan fingerprint density at radius 2 is 1.67 bits per heavy atom. The molecule has 0 aliphatic heterocycles. The molecule has 0 unspecified atom stereocenters. The van der Waals surface area contributed by atoms with Gasteiger partial charge in [0, 0.05) is 11.6 Å². The lowest BCUT2D eigenvalue weighted by Gasteiger charge is -2.04. The van der Waals surface area contributed by atoms with Crippen LogP contribution in [0, 0.1) is 11.6 Å². The minimum absolute atomic E-state index is 0.0577. The fourth-order valence-corrected chi connectivity index (χ4v) is 2.12. The summed E-state index contributed by atoms with van der Waals surface area (Å²) in [4.78, 5) is 12.1. The summed E-state index contributed by atoms with van der Waals surface area (Å²) in [5.74, 6) is -2.48. The number of carbonyl (C=O) groups is 1. The van der Waals surface area contributed by atoms with Crippen LogP contribution in [0.3, 0.4) is 0 Å². The van der Waals surface area contributed by atoms with E-state index in [2.05, 4.69) is 15.5 Å². The summed E-state index contributed by atoms with van der Waals surface area (Å²) in [7, 11) is 0. The minimum atomic E-state index is -0.770. The van der Waals surface area contributed by atoms with Gasteiger partial charge in [-0.2, -0.15) is 5.10 Å². The zero-order chi connectivity index (χ0) is 17.3. The Morgan fingerprint density at radius 3 is 2.42 bits per heavy atom. The number of nitrogens with one attached hydrogen (secondary N) is 2. The molecule has 3 aromatic rings. The lowest BCUT2D eigenvalue weighted by Crippen LogP contribution is -2.12. The smallest absolute Gasteiger partial charge is 0.260 e. The van der Waals surface area contributed by atoms with Crippen molar-refractivity contribution in [2.24, 2.45) is 0 Å². The topological polar surface area (TPSA) is 98.2 Å². The Kier molecular flexibility index (Phi) is 3.87. The van der Waals surface area contributed by atoms with Gasteiger partial charge in [-0.05, 0) is 36.4 Å². The van der Waals surface area contributed by atoms with Gasteiger partial charge in [-0.1, -0.05) is 0 Å². The maximum absolute atomic E-state index is 13.3. The summed E-state index contributed by atoms with van der Waals surface area (Å²) < 4.78 is 26.5. The summed E-state index contributed by atoms with van der Waals surface area (Å²) in [5.41, 5.74) is 0.176. The molecule has 122 valence electrons. The molecule has 0 atom stereocenters. The highest BCUT2D eigenvalue weighted by atomic mass is 19.1. The van der Waals surface area contributed by atoms with Gasteiger partial charge in [0.25, 0.3) is 5.91 Å². The van der Waals surface area contributed by atoms with Crippen molar-refractivity contribution in [3.8, 4) is 22.8 Å². The van der Waals surface area contributed by atoms with E-state index in [-0.39, 0.29) is 34.1 Å². The summed E-state index contributed by atoms with van der Waals surface area (Å²) in [6, 6.07) is 7.72. The maximum atomic E-state index is 13.3. The van der Waals surface area contributed by atoms with Crippen molar-refractivity contribution >= 4 is 11.7 Å². The van der Waals surface area contributed by atoms with Crippen molar-refractivity contribution in [1.82, 2.24) is 10.2 Å². The average molecular weight is 331 g/mol. The van der Waals surface area contributed by atoms with Crippen LogP contribution in [-0.4, -0.2) is 26.3 Å². The number of halogens is 2. The van der Waals surface area contributed by atoms with Gasteiger partial charge in [0.05, 0.1) is 11.3 Å². The predicted octanol–water partition coefficient (Wildman–Crippen LogP) is 3.02. The van der Waals surface area contributed by atoms with Crippen molar-refractivity contribution in [2.45, 2.75) is 0 Å². The monoisotopic (exact) mass is 331 g/mol. The van der Waals surface area contributed by atoms with Crippen LogP contribution in [0.1, 0.15) is 10.4 Å². The van der Waals surface area contributed by atoms with E-state index in [1.807, 2.05) is 0 Å². The maximum Gasteiger partial charge on any atom is 0.260 e. The normalized spacial score (nSPS) is 10.6. The van der Waals surface area contributed by atoms with Crippen LogP contribution < -0.4 is 5.32 Å². The molecule has 4 N–H and O–H groups in total. The standard InChI is InChI=1S/C16H11F2N3O3/c17-8-1-3-13(22)10(5-8)12-7-15(21-20-12)19-16(24)11-6-9(18)2-4-14(11)23/h1-7,22-23H,(H2,19,20,21,24). The number of aromatic hydroxyl groups is 2. The van der Waals surface area contributed by atoms with Crippen molar-refractivity contribution < 1.29 is 23.8 Å². The molecule has 0 saturated carbocycles. The van der Waals surface area contributed by atoms with Crippen molar-refractivity contribution in [3.63, 3.8) is 0 Å². The Bertz CT molecular complexity index is 925. The van der Waals surface area contributed by atoms with Crippen LogP contribution in [-0.2, 0) is 0 Å². The molecular weight excluding hydrogens is 320 g/mol. The fourth-order valence-electron chi connectivity index (χ4n) is 2.12.